The van der Waals surface area contributed by atoms with E-state index in [2.05, 4.69) is 9.97 Å². The molecule has 0 aliphatic carbocycles. The van der Waals surface area contributed by atoms with E-state index in [1.165, 1.54) is 24.3 Å². The monoisotopic (exact) mass is 690 g/mol. The van der Waals surface area contributed by atoms with Gasteiger partial charge in [-0.05, 0) is 72.8 Å². The van der Waals surface area contributed by atoms with Crippen LogP contribution < -0.4 is 9.47 Å². The van der Waals surface area contributed by atoms with Crippen molar-refractivity contribution in [2.45, 2.75) is 0 Å². The van der Waals surface area contributed by atoms with Gasteiger partial charge in [-0.3, -0.25) is 9.59 Å². The average Bonchev–Trinajstić information content (AvgIpc) is 3.86. The van der Waals surface area contributed by atoms with Crippen LogP contribution in [0.4, 0.5) is 0 Å². The number of fused-ring (bicyclic) bond motifs is 20. The second-order valence-electron chi connectivity index (χ2n) is 11.6. The maximum absolute atomic E-state index is 12.0. The van der Waals surface area contributed by atoms with E-state index < -0.39 is 11.9 Å². The van der Waals surface area contributed by atoms with E-state index in [0.717, 1.165) is 0 Å². The van der Waals surface area contributed by atoms with Crippen molar-refractivity contribution in [3.8, 4) is 57.1 Å². The van der Waals surface area contributed by atoms with E-state index in [1.807, 2.05) is 0 Å². The zero-order chi connectivity index (χ0) is 35.7. The number of aromatic carboxylic acids is 2. The lowest BCUT2D eigenvalue weighted by atomic mass is 10.0. The minimum atomic E-state index is -1.15. The number of carboxylic acid groups (broad SMARTS) is 2. The highest BCUT2D eigenvalue weighted by atomic mass is 16.5. The number of H-pyrrole nitrogens is 2. The highest BCUT2D eigenvalue weighted by Gasteiger charge is 2.24. The van der Waals surface area contributed by atoms with Gasteiger partial charge < -0.3 is 29.7 Å². The molecular formula is C36H18N8O8. The van der Waals surface area contributed by atoms with Gasteiger partial charge in [-0.15, -0.1) is 0 Å². The van der Waals surface area contributed by atoms with Gasteiger partial charge in [0.25, 0.3) is 12.9 Å². The van der Waals surface area contributed by atoms with E-state index in [0.29, 0.717) is 62.4 Å². The third-order valence-electron chi connectivity index (χ3n) is 8.64. The maximum Gasteiger partial charge on any atom is 0.335 e. The number of aromatic amines is 2. The Balaban J connectivity index is 1.47. The number of ether oxygens (including phenoxy) is 2. The van der Waals surface area contributed by atoms with Crippen molar-refractivity contribution in [3.05, 3.63) is 83.9 Å². The molecule has 4 N–H and O–H groups in total. The molecule has 16 heteroatoms. The van der Waals surface area contributed by atoms with Gasteiger partial charge in [-0.2, -0.15) is 0 Å². The summed E-state index contributed by atoms with van der Waals surface area (Å²) in [6.45, 7) is 0.608. The Kier molecular flexibility index (Phi) is 6.59. The average molecular weight is 691 g/mol. The fourth-order valence-electron chi connectivity index (χ4n) is 6.28. The van der Waals surface area contributed by atoms with Crippen LogP contribution in [0.2, 0.25) is 0 Å². The van der Waals surface area contributed by atoms with Gasteiger partial charge in [-0.1, -0.05) is 0 Å². The lowest BCUT2D eigenvalue weighted by Gasteiger charge is -2.02. The molecule has 3 aromatic heterocycles. The first-order chi connectivity index (χ1) is 25.3. The molecule has 0 fully saturated rings. The Bertz CT molecular complexity index is 2940. The van der Waals surface area contributed by atoms with Gasteiger partial charge in [0, 0.05) is 43.8 Å². The molecule has 250 valence electrons. The summed E-state index contributed by atoms with van der Waals surface area (Å²) in [5.41, 5.74) is 2.99. The van der Waals surface area contributed by atoms with Gasteiger partial charge in [0.05, 0.1) is 11.1 Å². The molecule has 4 aromatic carbocycles. The molecule has 0 unspecified atom stereocenters. The number of hydrogen-bond acceptors (Lipinski definition) is 12. The smallest absolute Gasteiger partial charge is 0.335 e. The van der Waals surface area contributed by atoms with Crippen LogP contribution in [0.15, 0.2) is 72.8 Å². The lowest BCUT2D eigenvalue weighted by Crippen LogP contribution is -1.96. The number of rotatable bonds is 6. The van der Waals surface area contributed by atoms with E-state index >= 15 is 0 Å². The van der Waals surface area contributed by atoms with Crippen molar-refractivity contribution in [2.24, 2.45) is 0 Å². The molecular weight excluding hydrogens is 672 g/mol. The summed E-state index contributed by atoms with van der Waals surface area (Å²) in [7, 11) is 0. The molecule has 0 amide bonds. The van der Waals surface area contributed by atoms with E-state index in [-0.39, 0.29) is 62.9 Å². The van der Waals surface area contributed by atoms with Crippen LogP contribution in [0.25, 0.3) is 89.7 Å². The van der Waals surface area contributed by atoms with Gasteiger partial charge in [0.1, 0.15) is 34.1 Å². The van der Waals surface area contributed by atoms with Crippen LogP contribution in [0, 0.1) is 0 Å². The van der Waals surface area contributed by atoms with Crippen LogP contribution in [-0.2, 0) is 9.59 Å². The molecule has 5 heterocycles. The Morgan fingerprint density at radius 2 is 0.904 bits per heavy atom. The van der Waals surface area contributed by atoms with Crippen molar-refractivity contribution in [3.63, 3.8) is 0 Å². The SMILES string of the molecule is O=COc1ccc2c(c1)-c1nc-2nc2[nH]c(nc3nc(nc4[nH]c(n1)c1ccc(OC=O)cc41)-c1ccc(C(=O)O)cc1-3)c1ccc(C(=O)O)cc21. The third-order valence-corrected chi connectivity index (χ3v) is 8.64. The normalized spacial score (nSPS) is 11.5. The number of carbonyl (C=O) groups excluding carboxylic acids is 2. The molecule has 8 bridgehead atoms. The van der Waals surface area contributed by atoms with E-state index in [4.69, 9.17) is 39.4 Å². The molecule has 0 spiro atoms. The Labute approximate surface area is 288 Å². The second kappa shape index (κ2) is 11.3. The predicted octanol–water partition coefficient (Wildman–Crippen LogP) is 5.34. The summed E-state index contributed by atoms with van der Waals surface area (Å²) in [5.74, 6) is -1.09. The fourth-order valence-corrected chi connectivity index (χ4v) is 6.28. The minimum Gasteiger partial charge on any atom is -0.478 e. The first kappa shape index (κ1) is 30.2. The molecule has 0 radical (unpaired) electrons. The molecule has 9 rings (SSSR count). The van der Waals surface area contributed by atoms with Gasteiger partial charge in [0.15, 0.2) is 23.3 Å². The first-order valence-corrected chi connectivity index (χ1v) is 15.3. The second-order valence-corrected chi connectivity index (χ2v) is 11.6. The summed E-state index contributed by atoms with van der Waals surface area (Å²) in [5, 5.41) is 21.6. The number of aromatic nitrogens is 8. The molecule has 7 aromatic rings. The first-order valence-electron chi connectivity index (χ1n) is 15.3. The van der Waals surface area contributed by atoms with Crippen molar-refractivity contribution in [2.75, 3.05) is 0 Å². The highest BCUT2D eigenvalue weighted by Crippen LogP contribution is 2.39. The third kappa shape index (κ3) is 4.78. The molecule has 0 saturated heterocycles. The van der Waals surface area contributed by atoms with Crippen molar-refractivity contribution in [1.82, 2.24) is 39.9 Å². The number of hydrogen-bond donors (Lipinski definition) is 4. The van der Waals surface area contributed by atoms with Crippen molar-refractivity contribution < 1.29 is 38.9 Å². The highest BCUT2D eigenvalue weighted by molar-refractivity contribution is 6.08. The topological polar surface area (TPSA) is 236 Å². The minimum absolute atomic E-state index is 0.000383. The van der Waals surface area contributed by atoms with E-state index in [1.54, 1.807) is 48.5 Å². The van der Waals surface area contributed by atoms with Gasteiger partial charge in [-0.25, -0.2) is 39.5 Å². The van der Waals surface area contributed by atoms with Gasteiger partial charge in [0.2, 0.25) is 0 Å². The Morgan fingerprint density at radius 1 is 0.481 bits per heavy atom. The van der Waals surface area contributed by atoms with Crippen molar-refractivity contribution in [1.29, 1.82) is 0 Å². The van der Waals surface area contributed by atoms with Crippen LogP contribution in [0.1, 0.15) is 20.7 Å². The summed E-state index contributed by atoms with van der Waals surface area (Å²) in [6.07, 6.45) is 0. The zero-order valence-corrected chi connectivity index (χ0v) is 26.1. The van der Waals surface area contributed by atoms with Crippen LogP contribution in [0.5, 0.6) is 11.5 Å². The summed E-state index contributed by atoms with van der Waals surface area (Å²) >= 11 is 0. The lowest BCUT2D eigenvalue weighted by molar-refractivity contribution is -0.121. The molecule has 2 aliphatic rings. The standard InChI is InChI=1S/C36H18N8O8/c45-13-51-17-3-7-21-25(11-17)34-42-29(21)40-32-23-9-15(35(47)48)1-5-19(23)27(38-32)37-31-24-10-16(36(49)50)2-6-20(24)28(39-31)41-33-26-12-18(52-14-46)4-8-22(26)30(43-33)44-34/h1-14H,(H,47,48)(H,49,50)(H2,37,38,39,40,41,42,43,44). The molecule has 0 atom stereocenters. The van der Waals surface area contributed by atoms with Crippen molar-refractivity contribution >= 4 is 69.0 Å². The fraction of sp³-hybridized carbons (Fsp3) is 0. The number of benzene rings is 4. The van der Waals surface area contributed by atoms with Gasteiger partial charge >= 0.3 is 11.9 Å². The zero-order valence-electron chi connectivity index (χ0n) is 26.1. The number of carboxylic acids is 2. The summed E-state index contributed by atoms with van der Waals surface area (Å²) < 4.78 is 10.2. The number of carbonyl (C=O) groups is 4. The number of nitrogens with zero attached hydrogens (tertiary/aromatic N) is 6. The van der Waals surface area contributed by atoms with E-state index in [9.17, 15) is 29.4 Å². The molecule has 0 saturated carbocycles. The van der Waals surface area contributed by atoms with Crippen LogP contribution in [0.3, 0.4) is 0 Å². The largest absolute Gasteiger partial charge is 0.478 e. The molecule has 2 aliphatic heterocycles. The maximum atomic E-state index is 12.0. The Morgan fingerprint density at radius 3 is 1.48 bits per heavy atom. The molecule has 52 heavy (non-hydrogen) atoms. The van der Waals surface area contributed by atoms with Crippen LogP contribution >= 0.6 is 0 Å². The number of nitrogens with one attached hydrogen (secondary N) is 2. The molecule has 16 nitrogen and oxygen atoms in total. The van der Waals surface area contributed by atoms with Crippen LogP contribution in [-0.4, -0.2) is 75.0 Å². The quantitative estimate of drug-likeness (QED) is 0.161. The predicted molar refractivity (Wildman–Crippen MR) is 183 cm³/mol. The Hall–Kier alpha value is -7.88. The summed E-state index contributed by atoms with van der Waals surface area (Å²) in [6, 6.07) is 18.7. The summed E-state index contributed by atoms with van der Waals surface area (Å²) in [4.78, 5) is 81.6.